The summed E-state index contributed by atoms with van der Waals surface area (Å²) in [6.07, 6.45) is -1.44. The molecule has 0 aliphatic heterocycles. The zero-order chi connectivity index (χ0) is 13.9. The van der Waals surface area contributed by atoms with E-state index in [-0.39, 0.29) is 11.5 Å². The summed E-state index contributed by atoms with van der Waals surface area (Å²) in [6, 6.07) is 2.76. The molecule has 3 nitrogen and oxygen atoms in total. The number of carbonyl (C=O) groups excluding carboxylic acids is 1. The molecule has 2 atom stereocenters. The Morgan fingerprint density at radius 1 is 1.33 bits per heavy atom. The second-order valence-electron chi connectivity index (χ2n) is 4.40. The van der Waals surface area contributed by atoms with Crippen molar-refractivity contribution in [1.29, 1.82) is 0 Å². The summed E-state index contributed by atoms with van der Waals surface area (Å²) in [5.74, 6) is -3.28. The van der Waals surface area contributed by atoms with Gasteiger partial charge in [-0.25, -0.2) is 8.78 Å². The van der Waals surface area contributed by atoms with E-state index in [0.29, 0.717) is 0 Å². The molecule has 5 heteroatoms. The van der Waals surface area contributed by atoms with Crippen molar-refractivity contribution in [2.75, 3.05) is 7.11 Å². The Bertz CT molecular complexity index is 432. The number of carbonyl (C=O) groups is 1. The normalized spacial score (nSPS) is 14.4. The van der Waals surface area contributed by atoms with Crippen molar-refractivity contribution in [2.24, 2.45) is 11.8 Å². The van der Waals surface area contributed by atoms with E-state index in [1.807, 2.05) is 0 Å². The minimum atomic E-state index is -1.44. The average Bonchev–Trinajstić information content (AvgIpc) is 2.31. The fourth-order valence-corrected chi connectivity index (χ4v) is 1.84. The van der Waals surface area contributed by atoms with Crippen LogP contribution in [0.3, 0.4) is 0 Å². The third-order valence-electron chi connectivity index (χ3n) is 2.81. The largest absolute Gasteiger partial charge is 0.469 e. The maximum atomic E-state index is 13.5. The number of hydrogen-bond acceptors (Lipinski definition) is 3. The van der Waals surface area contributed by atoms with Crippen molar-refractivity contribution >= 4 is 5.97 Å². The minimum absolute atomic E-state index is 0.237. The lowest BCUT2D eigenvalue weighted by atomic mass is 9.86. The van der Waals surface area contributed by atoms with Gasteiger partial charge in [0.2, 0.25) is 0 Å². The summed E-state index contributed by atoms with van der Waals surface area (Å²) in [6.45, 7) is 3.39. The van der Waals surface area contributed by atoms with Gasteiger partial charge >= 0.3 is 5.97 Å². The Morgan fingerprint density at radius 3 is 2.44 bits per heavy atom. The van der Waals surface area contributed by atoms with Gasteiger partial charge in [0, 0.05) is 5.56 Å². The predicted molar refractivity (Wildman–Crippen MR) is 61.7 cm³/mol. The second kappa shape index (κ2) is 5.91. The number of methoxy groups -OCH3 is 1. The van der Waals surface area contributed by atoms with Crippen molar-refractivity contribution in [3.63, 3.8) is 0 Å². The molecule has 1 aromatic carbocycles. The van der Waals surface area contributed by atoms with E-state index >= 15 is 0 Å². The van der Waals surface area contributed by atoms with Gasteiger partial charge in [0.05, 0.1) is 19.1 Å². The van der Waals surface area contributed by atoms with Gasteiger partial charge in [-0.3, -0.25) is 4.79 Å². The Hall–Kier alpha value is -1.49. The SMILES string of the molecule is COC(=O)C(C(C)C)C(O)c1cc(F)ccc1F. The van der Waals surface area contributed by atoms with Gasteiger partial charge < -0.3 is 9.84 Å². The van der Waals surface area contributed by atoms with E-state index in [4.69, 9.17) is 0 Å². The number of aliphatic hydroxyl groups is 1. The summed E-state index contributed by atoms with van der Waals surface area (Å²) < 4.78 is 31.2. The van der Waals surface area contributed by atoms with Crippen LogP contribution in [0.15, 0.2) is 18.2 Å². The first-order valence-electron chi connectivity index (χ1n) is 5.59. The minimum Gasteiger partial charge on any atom is -0.469 e. The molecule has 0 heterocycles. The van der Waals surface area contributed by atoms with Crippen molar-refractivity contribution in [3.05, 3.63) is 35.4 Å². The lowest BCUT2D eigenvalue weighted by Crippen LogP contribution is -2.29. The number of aliphatic hydroxyl groups excluding tert-OH is 1. The van der Waals surface area contributed by atoms with Crippen molar-refractivity contribution < 1.29 is 23.4 Å². The Balaban J connectivity index is 3.13. The van der Waals surface area contributed by atoms with E-state index in [0.717, 1.165) is 18.2 Å². The van der Waals surface area contributed by atoms with E-state index in [1.165, 1.54) is 7.11 Å². The number of hydrogen-bond donors (Lipinski definition) is 1. The average molecular weight is 258 g/mol. The molecule has 0 radical (unpaired) electrons. The number of halogens is 2. The summed E-state index contributed by atoms with van der Waals surface area (Å²) >= 11 is 0. The van der Waals surface area contributed by atoms with Crippen molar-refractivity contribution in [1.82, 2.24) is 0 Å². The fraction of sp³-hybridized carbons (Fsp3) is 0.462. The van der Waals surface area contributed by atoms with Crippen molar-refractivity contribution in [2.45, 2.75) is 20.0 Å². The van der Waals surface area contributed by atoms with Crippen LogP contribution in [0.25, 0.3) is 0 Å². The molecule has 2 unspecified atom stereocenters. The summed E-state index contributed by atoms with van der Waals surface area (Å²) in [5.41, 5.74) is -0.237. The third kappa shape index (κ3) is 3.04. The van der Waals surface area contributed by atoms with Crippen LogP contribution < -0.4 is 0 Å². The van der Waals surface area contributed by atoms with Crippen LogP contribution in [0.4, 0.5) is 8.78 Å². The van der Waals surface area contributed by atoms with Gasteiger partial charge in [0.25, 0.3) is 0 Å². The Labute approximate surface area is 104 Å². The number of rotatable bonds is 4. The zero-order valence-electron chi connectivity index (χ0n) is 10.5. The molecule has 0 spiro atoms. The standard InChI is InChI=1S/C13H16F2O3/c1-7(2)11(13(17)18-3)12(16)9-6-8(14)4-5-10(9)15/h4-7,11-12,16H,1-3H3. The van der Waals surface area contributed by atoms with Crippen LogP contribution in [-0.2, 0) is 9.53 Å². The smallest absolute Gasteiger partial charge is 0.311 e. The highest BCUT2D eigenvalue weighted by atomic mass is 19.1. The quantitative estimate of drug-likeness (QED) is 0.844. The monoisotopic (exact) mass is 258 g/mol. The van der Waals surface area contributed by atoms with Gasteiger partial charge in [-0.2, -0.15) is 0 Å². The van der Waals surface area contributed by atoms with Gasteiger partial charge in [-0.1, -0.05) is 13.8 Å². The van der Waals surface area contributed by atoms with Crippen LogP contribution in [0.1, 0.15) is 25.5 Å². The van der Waals surface area contributed by atoms with Crippen LogP contribution in [0, 0.1) is 23.5 Å². The first-order chi connectivity index (χ1) is 8.38. The summed E-state index contributed by atoms with van der Waals surface area (Å²) in [5, 5.41) is 10.0. The first-order valence-corrected chi connectivity index (χ1v) is 5.59. The molecular formula is C13H16F2O3. The molecule has 0 aliphatic carbocycles. The number of esters is 1. The van der Waals surface area contributed by atoms with Gasteiger partial charge in [0.1, 0.15) is 11.6 Å². The Kier molecular flexibility index (Phi) is 4.78. The molecule has 0 amide bonds. The molecule has 0 fully saturated rings. The van der Waals surface area contributed by atoms with Gasteiger partial charge in [0.15, 0.2) is 0 Å². The highest BCUT2D eigenvalue weighted by molar-refractivity contribution is 5.73. The van der Waals surface area contributed by atoms with E-state index in [2.05, 4.69) is 4.74 Å². The van der Waals surface area contributed by atoms with E-state index in [1.54, 1.807) is 13.8 Å². The second-order valence-corrected chi connectivity index (χ2v) is 4.40. The van der Waals surface area contributed by atoms with Crippen LogP contribution in [0.5, 0.6) is 0 Å². The lowest BCUT2D eigenvalue weighted by molar-refractivity contribution is -0.152. The predicted octanol–water partition coefficient (Wildman–Crippen LogP) is 2.44. The van der Waals surface area contributed by atoms with Gasteiger partial charge in [-0.05, 0) is 24.1 Å². The highest BCUT2D eigenvalue weighted by Crippen LogP contribution is 2.31. The molecule has 1 rings (SSSR count). The molecule has 1 N–H and O–H groups in total. The van der Waals surface area contributed by atoms with Crippen molar-refractivity contribution in [3.8, 4) is 0 Å². The maximum Gasteiger partial charge on any atom is 0.311 e. The number of benzene rings is 1. The lowest BCUT2D eigenvalue weighted by Gasteiger charge is -2.24. The zero-order valence-corrected chi connectivity index (χ0v) is 10.5. The number of ether oxygens (including phenoxy) is 1. The molecule has 100 valence electrons. The van der Waals surface area contributed by atoms with Crippen LogP contribution in [-0.4, -0.2) is 18.2 Å². The molecule has 0 saturated heterocycles. The maximum absolute atomic E-state index is 13.5. The molecule has 18 heavy (non-hydrogen) atoms. The van der Waals surface area contributed by atoms with Crippen LogP contribution >= 0.6 is 0 Å². The summed E-state index contributed by atoms with van der Waals surface area (Å²) in [7, 11) is 1.19. The first kappa shape index (κ1) is 14.6. The molecule has 0 aromatic heterocycles. The molecule has 0 saturated carbocycles. The molecule has 0 aliphatic rings. The Morgan fingerprint density at radius 2 is 1.94 bits per heavy atom. The molecular weight excluding hydrogens is 242 g/mol. The van der Waals surface area contributed by atoms with Gasteiger partial charge in [-0.15, -0.1) is 0 Å². The fourth-order valence-electron chi connectivity index (χ4n) is 1.84. The molecule has 0 bridgehead atoms. The van der Waals surface area contributed by atoms with E-state index < -0.39 is 29.6 Å². The van der Waals surface area contributed by atoms with E-state index in [9.17, 15) is 18.7 Å². The van der Waals surface area contributed by atoms with Crippen LogP contribution in [0.2, 0.25) is 0 Å². The third-order valence-corrected chi connectivity index (χ3v) is 2.81. The topological polar surface area (TPSA) is 46.5 Å². The highest BCUT2D eigenvalue weighted by Gasteiger charge is 2.33. The molecule has 1 aromatic rings. The summed E-state index contributed by atoms with van der Waals surface area (Å²) in [4.78, 5) is 11.6.